The molecule has 0 amide bonds. The minimum absolute atomic E-state index is 0.266. The standard InChI is InChI=1S/C12H15N3O/c1-9(7-11-3-2-6-16-11)15-12-5-4-10(13)8-14-12/h2-6,8-9H,7,13H2,1H3,(H,14,15). The van der Waals surface area contributed by atoms with Gasteiger partial charge in [0.05, 0.1) is 18.1 Å². The fourth-order valence-corrected chi connectivity index (χ4v) is 1.52. The highest BCUT2D eigenvalue weighted by Gasteiger charge is 2.05. The van der Waals surface area contributed by atoms with Gasteiger partial charge >= 0.3 is 0 Å². The van der Waals surface area contributed by atoms with Crippen molar-refractivity contribution in [1.29, 1.82) is 0 Å². The molecule has 84 valence electrons. The Bertz CT molecular complexity index is 422. The van der Waals surface area contributed by atoms with E-state index in [9.17, 15) is 0 Å². The molecule has 0 aliphatic rings. The number of nitrogens with zero attached hydrogens (tertiary/aromatic N) is 1. The van der Waals surface area contributed by atoms with Crippen molar-refractivity contribution in [2.45, 2.75) is 19.4 Å². The molecule has 2 aromatic rings. The molecule has 3 N–H and O–H groups in total. The van der Waals surface area contributed by atoms with Crippen LogP contribution in [0.4, 0.5) is 11.5 Å². The van der Waals surface area contributed by atoms with Crippen LogP contribution in [-0.4, -0.2) is 11.0 Å². The van der Waals surface area contributed by atoms with Gasteiger partial charge in [-0.15, -0.1) is 0 Å². The number of rotatable bonds is 4. The van der Waals surface area contributed by atoms with Gasteiger partial charge in [0.25, 0.3) is 0 Å². The Hall–Kier alpha value is -1.97. The van der Waals surface area contributed by atoms with E-state index in [-0.39, 0.29) is 6.04 Å². The normalized spacial score (nSPS) is 12.3. The molecule has 1 atom stereocenters. The van der Waals surface area contributed by atoms with Crippen LogP contribution in [0.25, 0.3) is 0 Å². The lowest BCUT2D eigenvalue weighted by Crippen LogP contribution is -2.18. The van der Waals surface area contributed by atoms with Crippen LogP contribution in [0.5, 0.6) is 0 Å². The number of hydrogen-bond acceptors (Lipinski definition) is 4. The quantitative estimate of drug-likeness (QED) is 0.824. The molecule has 0 aliphatic carbocycles. The maximum absolute atomic E-state index is 5.56. The van der Waals surface area contributed by atoms with E-state index < -0.39 is 0 Å². The largest absolute Gasteiger partial charge is 0.469 e. The van der Waals surface area contributed by atoms with Gasteiger partial charge < -0.3 is 15.5 Å². The smallest absolute Gasteiger partial charge is 0.126 e. The number of furan rings is 1. The molecular weight excluding hydrogens is 202 g/mol. The summed E-state index contributed by atoms with van der Waals surface area (Å²) in [6, 6.07) is 7.82. The minimum atomic E-state index is 0.266. The summed E-state index contributed by atoms with van der Waals surface area (Å²) in [7, 11) is 0. The van der Waals surface area contributed by atoms with Crippen molar-refractivity contribution in [3.8, 4) is 0 Å². The maximum atomic E-state index is 5.56. The third-order valence-corrected chi connectivity index (χ3v) is 2.27. The average molecular weight is 217 g/mol. The molecule has 0 bridgehead atoms. The molecule has 1 unspecified atom stereocenters. The zero-order chi connectivity index (χ0) is 11.4. The molecule has 2 aromatic heterocycles. The van der Waals surface area contributed by atoms with Gasteiger partial charge in [-0.25, -0.2) is 4.98 Å². The second kappa shape index (κ2) is 4.70. The Balaban J connectivity index is 1.92. The Morgan fingerprint density at radius 2 is 2.31 bits per heavy atom. The Kier molecular flexibility index (Phi) is 3.10. The zero-order valence-corrected chi connectivity index (χ0v) is 9.18. The van der Waals surface area contributed by atoms with Crippen LogP contribution in [-0.2, 0) is 6.42 Å². The molecule has 4 heteroatoms. The molecule has 0 saturated carbocycles. The molecule has 0 aliphatic heterocycles. The van der Waals surface area contributed by atoms with Crippen molar-refractivity contribution in [1.82, 2.24) is 4.98 Å². The summed E-state index contributed by atoms with van der Waals surface area (Å²) in [6.45, 7) is 2.08. The third-order valence-electron chi connectivity index (χ3n) is 2.27. The second-order valence-electron chi connectivity index (χ2n) is 3.81. The third kappa shape index (κ3) is 2.76. The number of nitrogens with one attached hydrogen (secondary N) is 1. The number of hydrogen-bond donors (Lipinski definition) is 2. The lowest BCUT2D eigenvalue weighted by molar-refractivity contribution is 0.497. The summed E-state index contributed by atoms with van der Waals surface area (Å²) in [5.41, 5.74) is 6.23. The van der Waals surface area contributed by atoms with E-state index >= 15 is 0 Å². The highest BCUT2D eigenvalue weighted by molar-refractivity contribution is 5.44. The second-order valence-corrected chi connectivity index (χ2v) is 3.81. The van der Waals surface area contributed by atoms with Gasteiger partial charge in [-0.05, 0) is 31.2 Å². The summed E-state index contributed by atoms with van der Waals surface area (Å²) in [4.78, 5) is 4.18. The van der Waals surface area contributed by atoms with Crippen molar-refractivity contribution in [3.63, 3.8) is 0 Å². The first-order valence-corrected chi connectivity index (χ1v) is 5.24. The lowest BCUT2D eigenvalue weighted by Gasteiger charge is -2.12. The van der Waals surface area contributed by atoms with E-state index in [0.717, 1.165) is 18.0 Å². The Labute approximate surface area is 94.5 Å². The van der Waals surface area contributed by atoms with Crippen LogP contribution in [0.1, 0.15) is 12.7 Å². The van der Waals surface area contributed by atoms with Crippen LogP contribution >= 0.6 is 0 Å². The first kappa shape index (κ1) is 10.5. The fraction of sp³-hybridized carbons (Fsp3) is 0.250. The molecule has 0 radical (unpaired) electrons. The summed E-state index contributed by atoms with van der Waals surface area (Å²) < 4.78 is 5.28. The maximum Gasteiger partial charge on any atom is 0.126 e. The van der Waals surface area contributed by atoms with Crippen LogP contribution in [0, 0.1) is 0 Å². The van der Waals surface area contributed by atoms with Crippen LogP contribution in [0.2, 0.25) is 0 Å². The zero-order valence-electron chi connectivity index (χ0n) is 9.18. The van der Waals surface area contributed by atoms with E-state index in [0.29, 0.717) is 5.69 Å². The lowest BCUT2D eigenvalue weighted by atomic mass is 10.2. The van der Waals surface area contributed by atoms with E-state index in [1.165, 1.54) is 0 Å². The van der Waals surface area contributed by atoms with Gasteiger partial charge in [-0.1, -0.05) is 0 Å². The van der Waals surface area contributed by atoms with Crippen LogP contribution in [0.3, 0.4) is 0 Å². The fourth-order valence-electron chi connectivity index (χ4n) is 1.52. The Morgan fingerprint density at radius 3 is 2.94 bits per heavy atom. The molecule has 16 heavy (non-hydrogen) atoms. The SMILES string of the molecule is CC(Cc1ccco1)Nc1ccc(N)cn1. The topological polar surface area (TPSA) is 64.1 Å². The van der Waals surface area contributed by atoms with Crippen LogP contribution in [0.15, 0.2) is 41.1 Å². The Morgan fingerprint density at radius 1 is 1.44 bits per heavy atom. The highest BCUT2D eigenvalue weighted by Crippen LogP contribution is 2.10. The molecule has 0 aromatic carbocycles. The van der Waals surface area contributed by atoms with Gasteiger partial charge in [0.2, 0.25) is 0 Å². The van der Waals surface area contributed by atoms with Crippen molar-refractivity contribution < 1.29 is 4.42 Å². The predicted molar refractivity (Wildman–Crippen MR) is 64.1 cm³/mol. The van der Waals surface area contributed by atoms with Crippen molar-refractivity contribution in [2.75, 3.05) is 11.1 Å². The van der Waals surface area contributed by atoms with E-state index in [1.807, 2.05) is 24.3 Å². The number of anilines is 2. The van der Waals surface area contributed by atoms with E-state index in [1.54, 1.807) is 12.5 Å². The molecule has 0 saturated heterocycles. The van der Waals surface area contributed by atoms with Crippen molar-refractivity contribution in [3.05, 3.63) is 42.5 Å². The van der Waals surface area contributed by atoms with Crippen molar-refractivity contribution in [2.24, 2.45) is 0 Å². The number of aromatic nitrogens is 1. The van der Waals surface area contributed by atoms with Gasteiger partial charge in [0.15, 0.2) is 0 Å². The van der Waals surface area contributed by atoms with E-state index in [4.69, 9.17) is 10.2 Å². The summed E-state index contributed by atoms with van der Waals surface area (Å²) >= 11 is 0. The summed E-state index contributed by atoms with van der Waals surface area (Å²) in [6.07, 6.45) is 4.16. The van der Waals surface area contributed by atoms with Gasteiger partial charge in [-0.2, -0.15) is 0 Å². The number of nitrogens with two attached hydrogens (primary N) is 1. The highest BCUT2D eigenvalue weighted by atomic mass is 16.3. The monoisotopic (exact) mass is 217 g/mol. The molecule has 0 fully saturated rings. The van der Waals surface area contributed by atoms with E-state index in [2.05, 4.69) is 17.2 Å². The predicted octanol–water partition coefficient (Wildman–Crippen LogP) is 2.30. The van der Waals surface area contributed by atoms with Gasteiger partial charge in [-0.3, -0.25) is 0 Å². The minimum Gasteiger partial charge on any atom is -0.469 e. The van der Waals surface area contributed by atoms with Gasteiger partial charge in [0.1, 0.15) is 11.6 Å². The molecule has 0 spiro atoms. The van der Waals surface area contributed by atoms with Crippen LogP contribution < -0.4 is 11.1 Å². The summed E-state index contributed by atoms with van der Waals surface area (Å²) in [5.74, 6) is 1.80. The average Bonchev–Trinajstić information content (AvgIpc) is 2.74. The first-order chi connectivity index (χ1) is 7.74. The molecule has 4 nitrogen and oxygen atoms in total. The first-order valence-electron chi connectivity index (χ1n) is 5.24. The van der Waals surface area contributed by atoms with Crippen molar-refractivity contribution >= 4 is 11.5 Å². The number of pyridine rings is 1. The molecule has 2 heterocycles. The number of nitrogen functional groups attached to an aromatic ring is 1. The molecule has 2 rings (SSSR count). The van der Waals surface area contributed by atoms with Gasteiger partial charge in [0, 0.05) is 12.5 Å². The molecular formula is C12H15N3O. The summed E-state index contributed by atoms with van der Waals surface area (Å²) in [5, 5.41) is 3.28.